The summed E-state index contributed by atoms with van der Waals surface area (Å²) in [5, 5.41) is 8.14. The summed E-state index contributed by atoms with van der Waals surface area (Å²) in [5.74, 6) is -0.537. The van der Waals surface area contributed by atoms with Gasteiger partial charge in [-0.1, -0.05) is 30.3 Å². The van der Waals surface area contributed by atoms with Crippen LogP contribution in [0.5, 0.6) is 0 Å². The maximum atomic E-state index is 13.3. The molecule has 0 aliphatic carbocycles. The largest absolute Gasteiger partial charge is 0.339 e. The zero-order chi connectivity index (χ0) is 22.0. The Morgan fingerprint density at radius 2 is 1.58 bits per heavy atom. The van der Waals surface area contributed by atoms with Gasteiger partial charge in [0.1, 0.15) is 0 Å². The molecule has 0 radical (unpaired) electrons. The van der Waals surface area contributed by atoms with Crippen LogP contribution in [0.3, 0.4) is 0 Å². The quantitative estimate of drug-likeness (QED) is 0.697. The zero-order valence-corrected chi connectivity index (χ0v) is 17.8. The molecule has 1 N–H and O–H groups in total. The van der Waals surface area contributed by atoms with Gasteiger partial charge in [0.15, 0.2) is 5.69 Å². The summed E-state index contributed by atoms with van der Waals surface area (Å²) in [7, 11) is 0. The minimum Gasteiger partial charge on any atom is -0.339 e. The number of nitrogens with zero attached hydrogens (tertiary/aromatic N) is 3. The van der Waals surface area contributed by atoms with E-state index in [2.05, 4.69) is 10.4 Å². The van der Waals surface area contributed by atoms with Crippen LogP contribution in [0.2, 0.25) is 0 Å². The fourth-order valence-electron chi connectivity index (χ4n) is 3.95. The lowest BCUT2D eigenvalue weighted by atomic mass is 10.1. The van der Waals surface area contributed by atoms with Crippen molar-refractivity contribution in [1.29, 1.82) is 0 Å². The molecule has 7 nitrogen and oxygen atoms in total. The first-order valence-electron chi connectivity index (χ1n) is 10.7. The minimum absolute atomic E-state index is 0.0828. The van der Waals surface area contributed by atoms with Crippen molar-refractivity contribution in [3.8, 4) is 0 Å². The summed E-state index contributed by atoms with van der Waals surface area (Å²) >= 11 is 0. The van der Waals surface area contributed by atoms with Crippen LogP contribution in [0.1, 0.15) is 60.0 Å². The molecule has 3 aromatic rings. The van der Waals surface area contributed by atoms with Crippen molar-refractivity contribution in [2.75, 3.05) is 18.4 Å². The second kappa shape index (κ2) is 8.71. The number of carbonyl (C=O) groups is 2. The van der Waals surface area contributed by atoms with E-state index in [1.54, 1.807) is 48.5 Å². The highest BCUT2D eigenvalue weighted by Gasteiger charge is 2.23. The molecule has 160 valence electrons. The van der Waals surface area contributed by atoms with Gasteiger partial charge in [-0.2, -0.15) is 5.10 Å². The summed E-state index contributed by atoms with van der Waals surface area (Å²) in [6, 6.07) is 13.8. The van der Waals surface area contributed by atoms with Crippen molar-refractivity contribution >= 4 is 28.3 Å². The summed E-state index contributed by atoms with van der Waals surface area (Å²) in [6.45, 7) is 5.15. The standard InChI is InChI=1S/C24H26N4O3/c1-16(2)28-24(31)18-11-5-4-10-17(18)21(26-28)22(29)25-20-13-7-6-12-19(20)23(30)27-14-8-3-9-15-27/h4-7,10-13,16H,3,8-9,14-15H2,1-2H3,(H,25,29). The van der Waals surface area contributed by atoms with Crippen molar-refractivity contribution in [2.45, 2.75) is 39.2 Å². The van der Waals surface area contributed by atoms with Gasteiger partial charge in [-0.3, -0.25) is 14.4 Å². The Hall–Kier alpha value is -3.48. The van der Waals surface area contributed by atoms with Gasteiger partial charge < -0.3 is 10.2 Å². The Balaban J connectivity index is 1.71. The minimum atomic E-state index is -0.454. The van der Waals surface area contributed by atoms with Crippen molar-refractivity contribution in [1.82, 2.24) is 14.7 Å². The van der Waals surface area contributed by atoms with Gasteiger partial charge in [0.25, 0.3) is 17.4 Å². The summed E-state index contributed by atoms with van der Waals surface area (Å²) < 4.78 is 1.32. The molecule has 2 amide bonds. The second-order valence-corrected chi connectivity index (χ2v) is 8.09. The van der Waals surface area contributed by atoms with E-state index in [9.17, 15) is 14.4 Å². The van der Waals surface area contributed by atoms with E-state index < -0.39 is 5.91 Å². The van der Waals surface area contributed by atoms with Gasteiger partial charge in [-0.15, -0.1) is 0 Å². The zero-order valence-electron chi connectivity index (χ0n) is 17.8. The van der Waals surface area contributed by atoms with Crippen LogP contribution in [-0.4, -0.2) is 39.6 Å². The molecular formula is C24H26N4O3. The van der Waals surface area contributed by atoms with Crippen LogP contribution < -0.4 is 10.9 Å². The average molecular weight is 418 g/mol. The Kier molecular flexibility index (Phi) is 5.84. The third kappa shape index (κ3) is 4.08. The molecule has 0 unspecified atom stereocenters. The molecule has 0 saturated carbocycles. The van der Waals surface area contributed by atoms with Crippen molar-refractivity contribution in [2.24, 2.45) is 0 Å². The van der Waals surface area contributed by atoms with Gasteiger partial charge >= 0.3 is 0 Å². The number of rotatable bonds is 4. The van der Waals surface area contributed by atoms with E-state index in [1.165, 1.54) is 4.68 Å². The molecule has 0 atom stereocenters. The van der Waals surface area contributed by atoms with Crippen LogP contribution in [0.25, 0.3) is 10.8 Å². The predicted molar refractivity (Wildman–Crippen MR) is 121 cm³/mol. The molecule has 1 saturated heterocycles. The lowest BCUT2D eigenvalue weighted by Gasteiger charge is -2.27. The third-order valence-electron chi connectivity index (χ3n) is 5.58. The number of para-hydroxylation sites is 1. The number of benzene rings is 2. The summed E-state index contributed by atoms with van der Waals surface area (Å²) in [5.41, 5.74) is 0.822. The highest BCUT2D eigenvalue weighted by Crippen LogP contribution is 2.22. The molecule has 31 heavy (non-hydrogen) atoms. The van der Waals surface area contributed by atoms with E-state index in [4.69, 9.17) is 0 Å². The van der Waals surface area contributed by atoms with Gasteiger partial charge in [-0.25, -0.2) is 4.68 Å². The van der Waals surface area contributed by atoms with E-state index in [1.807, 2.05) is 18.7 Å². The Labute approximate surface area is 180 Å². The fraction of sp³-hybridized carbons (Fsp3) is 0.333. The van der Waals surface area contributed by atoms with Gasteiger partial charge in [0, 0.05) is 18.5 Å². The maximum absolute atomic E-state index is 13.3. The lowest BCUT2D eigenvalue weighted by molar-refractivity contribution is 0.0725. The smallest absolute Gasteiger partial charge is 0.276 e. The van der Waals surface area contributed by atoms with E-state index in [-0.39, 0.29) is 23.2 Å². The molecule has 1 aromatic heterocycles. The first-order valence-corrected chi connectivity index (χ1v) is 10.7. The predicted octanol–water partition coefficient (Wildman–Crippen LogP) is 3.86. The van der Waals surface area contributed by atoms with Crippen molar-refractivity contribution in [3.63, 3.8) is 0 Å². The highest BCUT2D eigenvalue weighted by atomic mass is 16.2. The molecule has 7 heteroatoms. The Morgan fingerprint density at radius 3 is 2.29 bits per heavy atom. The number of fused-ring (bicyclic) bond motifs is 1. The SMILES string of the molecule is CC(C)n1nc(C(=O)Nc2ccccc2C(=O)N2CCCCC2)c2ccccc2c1=O. The fourth-order valence-corrected chi connectivity index (χ4v) is 3.95. The molecule has 0 bridgehead atoms. The molecule has 1 aliphatic rings. The van der Waals surface area contributed by atoms with Crippen molar-refractivity contribution < 1.29 is 9.59 Å². The number of piperidine rings is 1. The number of likely N-dealkylation sites (tertiary alicyclic amines) is 1. The normalized spacial score (nSPS) is 14.1. The van der Waals surface area contributed by atoms with Gasteiger partial charge in [0.05, 0.1) is 22.7 Å². The van der Waals surface area contributed by atoms with Crippen LogP contribution in [0.4, 0.5) is 5.69 Å². The number of hydrogen-bond acceptors (Lipinski definition) is 4. The second-order valence-electron chi connectivity index (χ2n) is 8.09. The van der Waals surface area contributed by atoms with Crippen LogP contribution in [0.15, 0.2) is 53.3 Å². The molecule has 0 spiro atoms. The van der Waals surface area contributed by atoms with Crippen molar-refractivity contribution in [3.05, 3.63) is 70.1 Å². The van der Waals surface area contributed by atoms with E-state index in [0.29, 0.717) is 22.0 Å². The maximum Gasteiger partial charge on any atom is 0.276 e. The molecular weight excluding hydrogens is 392 g/mol. The van der Waals surface area contributed by atoms with Crippen LogP contribution >= 0.6 is 0 Å². The molecule has 4 rings (SSSR count). The first-order chi connectivity index (χ1) is 15.0. The van der Waals surface area contributed by atoms with Crippen LogP contribution in [0, 0.1) is 0 Å². The Bertz CT molecular complexity index is 1190. The summed E-state index contributed by atoms with van der Waals surface area (Å²) in [4.78, 5) is 40.9. The molecule has 2 heterocycles. The number of aromatic nitrogens is 2. The number of hydrogen-bond donors (Lipinski definition) is 1. The third-order valence-corrected chi connectivity index (χ3v) is 5.58. The lowest BCUT2D eigenvalue weighted by Crippen LogP contribution is -2.36. The molecule has 1 aliphatic heterocycles. The van der Waals surface area contributed by atoms with Crippen LogP contribution in [-0.2, 0) is 0 Å². The van der Waals surface area contributed by atoms with E-state index >= 15 is 0 Å². The van der Waals surface area contributed by atoms with E-state index in [0.717, 1.165) is 32.4 Å². The summed E-state index contributed by atoms with van der Waals surface area (Å²) in [6.07, 6.45) is 3.12. The Morgan fingerprint density at radius 1 is 0.935 bits per heavy atom. The molecule has 1 fully saturated rings. The number of nitrogens with one attached hydrogen (secondary N) is 1. The number of amides is 2. The topological polar surface area (TPSA) is 84.3 Å². The monoisotopic (exact) mass is 418 g/mol. The van der Waals surface area contributed by atoms with Gasteiger partial charge in [-0.05, 0) is 51.3 Å². The average Bonchev–Trinajstić information content (AvgIpc) is 2.79. The first kappa shape index (κ1) is 20.8. The van der Waals surface area contributed by atoms with Gasteiger partial charge in [0.2, 0.25) is 0 Å². The number of anilines is 1. The highest BCUT2D eigenvalue weighted by molar-refractivity contribution is 6.13. The molecule has 2 aromatic carbocycles. The number of carbonyl (C=O) groups excluding carboxylic acids is 2.